The van der Waals surface area contributed by atoms with Gasteiger partial charge in [0.05, 0.1) is 17.4 Å². The van der Waals surface area contributed by atoms with Crippen LogP contribution in [0, 0.1) is 0 Å². The molecule has 1 aromatic carbocycles. The van der Waals surface area contributed by atoms with E-state index in [0.717, 1.165) is 58.4 Å². The van der Waals surface area contributed by atoms with E-state index in [9.17, 15) is 4.79 Å². The number of hydrogen-bond donors (Lipinski definition) is 4. The van der Waals surface area contributed by atoms with Gasteiger partial charge in [0.2, 0.25) is 0 Å². The van der Waals surface area contributed by atoms with Gasteiger partial charge in [-0.05, 0) is 83.1 Å². The molecule has 4 N–H and O–H groups in total. The molecular formula is C28H36N8O. The van der Waals surface area contributed by atoms with Gasteiger partial charge in [0, 0.05) is 53.5 Å². The van der Waals surface area contributed by atoms with E-state index in [1.807, 2.05) is 44.1 Å². The molecule has 5 rings (SSSR count). The fourth-order valence-corrected chi connectivity index (χ4v) is 4.71. The van der Waals surface area contributed by atoms with Gasteiger partial charge in [0.25, 0.3) is 0 Å². The number of fused-ring (bicyclic) bond motifs is 2. The summed E-state index contributed by atoms with van der Waals surface area (Å²) in [5.74, 6) is 0. The van der Waals surface area contributed by atoms with Crippen molar-refractivity contribution in [2.45, 2.75) is 39.2 Å². The SMILES string of the molecule is CN(C)CCc1cc(Nc2ccnc3[nH]c(C4=CCN(C(=O)NC(C)(C)C)CC4)cc23)cc2cn[nH]c12. The van der Waals surface area contributed by atoms with Crippen molar-refractivity contribution < 1.29 is 4.79 Å². The van der Waals surface area contributed by atoms with E-state index >= 15 is 0 Å². The highest BCUT2D eigenvalue weighted by atomic mass is 16.2. The number of urea groups is 1. The monoisotopic (exact) mass is 500 g/mol. The molecule has 9 nitrogen and oxygen atoms in total. The van der Waals surface area contributed by atoms with E-state index in [1.54, 1.807) is 0 Å². The predicted molar refractivity (Wildman–Crippen MR) is 150 cm³/mol. The molecule has 1 aliphatic rings. The molecule has 4 heterocycles. The minimum Gasteiger partial charge on any atom is -0.355 e. The molecule has 0 unspecified atom stereocenters. The van der Waals surface area contributed by atoms with Crippen LogP contribution in [0.25, 0.3) is 27.5 Å². The Hall–Kier alpha value is -3.85. The van der Waals surface area contributed by atoms with Crippen LogP contribution in [0.2, 0.25) is 0 Å². The minimum atomic E-state index is -0.247. The quantitative estimate of drug-likeness (QED) is 0.302. The van der Waals surface area contributed by atoms with Crippen molar-refractivity contribution in [2.24, 2.45) is 0 Å². The number of likely N-dealkylation sites (N-methyl/N-ethyl adjacent to an activating group) is 1. The van der Waals surface area contributed by atoms with Gasteiger partial charge < -0.3 is 25.4 Å². The Morgan fingerprint density at radius 1 is 1.22 bits per heavy atom. The molecule has 0 saturated carbocycles. The number of pyridine rings is 1. The summed E-state index contributed by atoms with van der Waals surface area (Å²) in [6.45, 7) is 8.22. The second kappa shape index (κ2) is 9.89. The van der Waals surface area contributed by atoms with Crippen LogP contribution in [-0.4, -0.2) is 75.3 Å². The van der Waals surface area contributed by atoms with Gasteiger partial charge >= 0.3 is 6.03 Å². The summed E-state index contributed by atoms with van der Waals surface area (Å²) in [5.41, 5.74) is 7.18. The zero-order valence-electron chi connectivity index (χ0n) is 22.3. The minimum absolute atomic E-state index is 0.0212. The smallest absolute Gasteiger partial charge is 0.318 e. The number of anilines is 2. The number of benzene rings is 1. The van der Waals surface area contributed by atoms with Crippen molar-refractivity contribution in [2.75, 3.05) is 39.0 Å². The number of hydrogen-bond acceptors (Lipinski definition) is 5. The van der Waals surface area contributed by atoms with Crippen molar-refractivity contribution in [1.82, 2.24) is 35.3 Å². The number of carbonyl (C=O) groups is 1. The van der Waals surface area contributed by atoms with E-state index in [1.165, 1.54) is 11.1 Å². The van der Waals surface area contributed by atoms with Gasteiger partial charge in [-0.25, -0.2) is 9.78 Å². The zero-order chi connectivity index (χ0) is 26.2. The summed E-state index contributed by atoms with van der Waals surface area (Å²) in [5, 5.41) is 16.2. The number of H-pyrrole nitrogens is 2. The highest BCUT2D eigenvalue weighted by Crippen LogP contribution is 2.32. The van der Waals surface area contributed by atoms with E-state index in [-0.39, 0.29) is 11.6 Å². The summed E-state index contributed by atoms with van der Waals surface area (Å²) in [6, 6.07) is 8.47. The van der Waals surface area contributed by atoms with E-state index < -0.39 is 0 Å². The highest BCUT2D eigenvalue weighted by molar-refractivity contribution is 5.95. The lowest BCUT2D eigenvalue weighted by Gasteiger charge is -2.30. The summed E-state index contributed by atoms with van der Waals surface area (Å²) in [7, 11) is 4.17. The Kier molecular flexibility index (Phi) is 6.64. The van der Waals surface area contributed by atoms with E-state index in [0.29, 0.717) is 13.1 Å². The summed E-state index contributed by atoms with van der Waals surface area (Å²) in [6.07, 6.45) is 7.55. The molecule has 37 heavy (non-hydrogen) atoms. The van der Waals surface area contributed by atoms with Crippen molar-refractivity contribution >= 4 is 44.9 Å². The third-order valence-corrected chi connectivity index (χ3v) is 6.59. The lowest BCUT2D eigenvalue weighted by atomic mass is 10.0. The molecule has 0 spiro atoms. The van der Waals surface area contributed by atoms with Crippen LogP contribution < -0.4 is 10.6 Å². The molecule has 0 radical (unpaired) electrons. The molecule has 0 saturated heterocycles. The number of rotatable bonds is 6. The number of amides is 2. The maximum absolute atomic E-state index is 12.5. The summed E-state index contributed by atoms with van der Waals surface area (Å²) < 4.78 is 0. The van der Waals surface area contributed by atoms with E-state index in [2.05, 4.69) is 74.1 Å². The first-order chi connectivity index (χ1) is 17.7. The molecule has 2 amide bonds. The Bertz CT molecular complexity index is 1460. The van der Waals surface area contributed by atoms with Crippen molar-refractivity contribution in [1.29, 1.82) is 0 Å². The van der Waals surface area contributed by atoms with Crippen LogP contribution in [0.5, 0.6) is 0 Å². The fourth-order valence-electron chi connectivity index (χ4n) is 4.71. The van der Waals surface area contributed by atoms with Gasteiger partial charge in [-0.3, -0.25) is 5.10 Å². The molecule has 1 aliphatic heterocycles. The first-order valence-electron chi connectivity index (χ1n) is 12.8. The number of nitrogens with zero attached hydrogens (tertiary/aromatic N) is 4. The van der Waals surface area contributed by atoms with Gasteiger partial charge in [0.15, 0.2) is 0 Å². The Balaban J connectivity index is 1.38. The zero-order valence-corrected chi connectivity index (χ0v) is 22.3. The number of aromatic nitrogens is 4. The molecule has 0 fully saturated rings. The summed E-state index contributed by atoms with van der Waals surface area (Å²) >= 11 is 0. The van der Waals surface area contributed by atoms with Gasteiger partial charge in [-0.1, -0.05) is 6.08 Å². The molecule has 4 aromatic rings. The van der Waals surface area contributed by atoms with Crippen LogP contribution in [0.4, 0.5) is 16.2 Å². The molecule has 0 atom stereocenters. The largest absolute Gasteiger partial charge is 0.355 e. The third-order valence-electron chi connectivity index (χ3n) is 6.59. The maximum Gasteiger partial charge on any atom is 0.318 e. The molecule has 9 heteroatoms. The second-order valence-corrected chi connectivity index (χ2v) is 11.1. The second-order valence-electron chi connectivity index (χ2n) is 11.1. The predicted octanol–water partition coefficient (Wildman–Crippen LogP) is 4.88. The summed E-state index contributed by atoms with van der Waals surface area (Å²) in [4.78, 5) is 24.6. The van der Waals surface area contributed by atoms with Crippen molar-refractivity contribution in [3.63, 3.8) is 0 Å². The van der Waals surface area contributed by atoms with Crippen LogP contribution in [-0.2, 0) is 6.42 Å². The normalized spacial score (nSPS) is 14.4. The Morgan fingerprint density at radius 2 is 2.05 bits per heavy atom. The highest BCUT2D eigenvalue weighted by Gasteiger charge is 2.22. The average Bonchev–Trinajstić information content (AvgIpc) is 3.49. The van der Waals surface area contributed by atoms with E-state index in [4.69, 9.17) is 0 Å². The topological polar surface area (TPSA) is 105 Å². The third kappa shape index (κ3) is 5.61. The maximum atomic E-state index is 12.5. The first-order valence-corrected chi connectivity index (χ1v) is 12.8. The van der Waals surface area contributed by atoms with Crippen molar-refractivity contribution in [3.8, 4) is 0 Å². The number of aromatic amines is 2. The molecule has 3 aromatic heterocycles. The number of carbonyl (C=O) groups excluding carboxylic acids is 1. The van der Waals surface area contributed by atoms with Crippen molar-refractivity contribution in [3.05, 3.63) is 54.0 Å². The fraction of sp³-hybridized carbons (Fsp3) is 0.393. The first kappa shape index (κ1) is 24.8. The lowest BCUT2D eigenvalue weighted by Crippen LogP contribution is -2.49. The van der Waals surface area contributed by atoms with Crippen LogP contribution >= 0.6 is 0 Å². The average molecular weight is 501 g/mol. The Labute approximate surface area is 217 Å². The molecule has 194 valence electrons. The number of nitrogens with one attached hydrogen (secondary N) is 4. The Morgan fingerprint density at radius 3 is 2.78 bits per heavy atom. The molecule has 0 aliphatic carbocycles. The van der Waals surface area contributed by atoms with Crippen LogP contribution in [0.3, 0.4) is 0 Å². The lowest BCUT2D eigenvalue weighted by molar-refractivity contribution is 0.193. The van der Waals surface area contributed by atoms with Gasteiger partial charge in [-0.2, -0.15) is 5.10 Å². The molecule has 0 bridgehead atoms. The van der Waals surface area contributed by atoms with Crippen LogP contribution in [0.1, 0.15) is 38.4 Å². The van der Waals surface area contributed by atoms with Gasteiger partial charge in [0.1, 0.15) is 5.65 Å². The molecular weight excluding hydrogens is 464 g/mol. The van der Waals surface area contributed by atoms with Gasteiger partial charge in [-0.15, -0.1) is 0 Å². The standard InChI is InChI=1S/C28H36N8O/c1-28(2,3)33-27(37)36-12-8-18(9-13-36)24-16-22-23(6-10-29-26(22)32-24)31-21-14-19(7-11-35(4)5)25-20(15-21)17-30-34-25/h6,8,10,14-17H,7,9,11-13H2,1-5H3,(H,30,34)(H,33,37)(H2,29,31,32). The van der Waals surface area contributed by atoms with Crippen LogP contribution in [0.15, 0.2) is 42.7 Å².